The molecule has 2 nitrogen and oxygen atoms in total. The fourth-order valence-corrected chi connectivity index (χ4v) is 5.05. The van der Waals surface area contributed by atoms with Gasteiger partial charge in [-0.3, -0.25) is 0 Å². The van der Waals surface area contributed by atoms with Crippen molar-refractivity contribution >= 4 is 53.4 Å². The molecular formula is C28H28Br2O2. The van der Waals surface area contributed by atoms with Crippen LogP contribution in [-0.4, -0.2) is 10.2 Å². The summed E-state index contributed by atoms with van der Waals surface area (Å²) in [5.74, 6) is 0.242. The first kappa shape index (κ1) is 23.1. The third kappa shape index (κ3) is 3.92. The van der Waals surface area contributed by atoms with E-state index in [9.17, 15) is 10.2 Å². The fraction of sp³-hybridized carbons (Fsp3) is 0.286. The van der Waals surface area contributed by atoms with Gasteiger partial charge in [-0.25, -0.2) is 0 Å². The predicted molar refractivity (Wildman–Crippen MR) is 143 cm³/mol. The summed E-state index contributed by atoms with van der Waals surface area (Å²) in [7, 11) is 0. The monoisotopic (exact) mass is 554 g/mol. The Hall–Kier alpha value is -2.04. The number of aromatic hydroxyl groups is 2. The Labute approximate surface area is 206 Å². The number of phenolic OH excluding ortho intramolecular Hbond substituents is 2. The van der Waals surface area contributed by atoms with E-state index >= 15 is 0 Å². The molecule has 0 heterocycles. The summed E-state index contributed by atoms with van der Waals surface area (Å²) in [4.78, 5) is 0. The molecule has 0 aliphatic rings. The molecule has 0 aliphatic heterocycles. The van der Waals surface area contributed by atoms with Crippen LogP contribution in [0.5, 0.6) is 11.5 Å². The number of hydrogen-bond donors (Lipinski definition) is 2. The molecule has 4 rings (SSSR count). The minimum atomic E-state index is 0.00663. The molecule has 4 aromatic rings. The highest BCUT2D eigenvalue weighted by molar-refractivity contribution is 9.11. The zero-order valence-electron chi connectivity index (χ0n) is 19.3. The van der Waals surface area contributed by atoms with Gasteiger partial charge in [-0.15, -0.1) is 0 Å². The highest BCUT2D eigenvalue weighted by Crippen LogP contribution is 2.50. The molecular weight excluding hydrogens is 528 g/mol. The Morgan fingerprint density at radius 2 is 0.906 bits per heavy atom. The van der Waals surface area contributed by atoms with Crippen LogP contribution in [0.3, 0.4) is 0 Å². The topological polar surface area (TPSA) is 40.5 Å². The van der Waals surface area contributed by atoms with Crippen LogP contribution in [-0.2, 0) is 10.8 Å². The standard InChI is InChI=1S/C28H28Br2O2/c1-27(2,3)17-7-9-19-15(11-17)13-21(29)25(31)23(19)24-20-10-8-18(28(4,5)6)12-16(20)14-22(30)26(24)32/h7-14,31-32H,1-6H3. The normalized spacial score (nSPS) is 12.6. The smallest absolute Gasteiger partial charge is 0.138 e. The Kier molecular flexibility index (Phi) is 5.62. The van der Waals surface area contributed by atoms with Crippen molar-refractivity contribution in [2.45, 2.75) is 52.4 Å². The summed E-state index contributed by atoms with van der Waals surface area (Å²) in [6.07, 6.45) is 0. The summed E-state index contributed by atoms with van der Waals surface area (Å²) >= 11 is 7.08. The largest absolute Gasteiger partial charge is 0.506 e. The summed E-state index contributed by atoms with van der Waals surface area (Å²) in [5, 5.41) is 26.1. The highest BCUT2D eigenvalue weighted by atomic mass is 79.9. The van der Waals surface area contributed by atoms with E-state index in [0.29, 0.717) is 20.1 Å². The Bertz CT molecular complexity index is 1270. The Balaban J connectivity index is 2.13. The average Bonchev–Trinajstić information content (AvgIpc) is 2.69. The van der Waals surface area contributed by atoms with Crippen molar-refractivity contribution in [3.8, 4) is 22.6 Å². The summed E-state index contributed by atoms with van der Waals surface area (Å²) in [6, 6.07) is 16.5. The maximum atomic E-state index is 11.2. The van der Waals surface area contributed by atoms with Gasteiger partial charge in [0.25, 0.3) is 0 Å². The van der Waals surface area contributed by atoms with E-state index in [1.165, 1.54) is 11.1 Å². The molecule has 0 aliphatic carbocycles. The van der Waals surface area contributed by atoms with Crippen molar-refractivity contribution < 1.29 is 10.2 Å². The first-order chi connectivity index (χ1) is 14.8. The van der Waals surface area contributed by atoms with Crippen LogP contribution in [0.1, 0.15) is 52.7 Å². The first-order valence-corrected chi connectivity index (χ1v) is 12.3. The fourth-order valence-electron chi connectivity index (χ4n) is 4.16. The summed E-state index contributed by atoms with van der Waals surface area (Å²) in [6.45, 7) is 13.1. The van der Waals surface area contributed by atoms with Crippen LogP contribution in [0.15, 0.2) is 57.5 Å². The van der Waals surface area contributed by atoms with Crippen molar-refractivity contribution in [2.24, 2.45) is 0 Å². The van der Waals surface area contributed by atoms with Gasteiger partial charge in [-0.05, 0) is 87.5 Å². The lowest BCUT2D eigenvalue weighted by atomic mass is 9.83. The molecule has 4 aromatic carbocycles. The molecule has 0 aromatic heterocycles. The van der Waals surface area contributed by atoms with E-state index < -0.39 is 0 Å². The summed E-state index contributed by atoms with van der Waals surface area (Å²) in [5.41, 5.74) is 3.70. The lowest BCUT2D eigenvalue weighted by Gasteiger charge is -2.22. The molecule has 0 radical (unpaired) electrons. The molecule has 2 N–H and O–H groups in total. The van der Waals surface area contributed by atoms with Crippen LogP contribution in [0, 0.1) is 0 Å². The second-order valence-corrected chi connectivity index (χ2v) is 12.2. The molecule has 0 unspecified atom stereocenters. The van der Waals surface area contributed by atoms with Gasteiger partial charge in [0.05, 0.1) is 8.95 Å². The molecule has 0 atom stereocenters. The highest BCUT2D eigenvalue weighted by Gasteiger charge is 2.23. The maximum Gasteiger partial charge on any atom is 0.138 e. The molecule has 0 saturated heterocycles. The number of phenols is 2. The number of fused-ring (bicyclic) bond motifs is 2. The van der Waals surface area contributed by atoms with Gasteiger partial charge < -0.3 is 10.2 Å². The number of halogens is 2. The first-order valence-electron chi connectivity index (χ1n) is 10.7. The third-order valence-electron chi connectivity index (χ3n) is 6.11. The van der Waals surface area contributed by atoms with Crippen LogP contribution in [0.25, 0.3) is 32.7 Å². The van der Waals surface area contributed by atoms with Crippen molar-refractivity contribution in [3.63, 3.8) is 0 Å². The second kappa shape index (κ2) is 7.78. The third-order valence-corrected chi connectivity index (χ3v) is 7.32. The number of hydrogen-bond acceptors (Lipinski definition) is 2. The Morgan fingerprint density at radius 3 is 1.22 bits per heavy atom. The van der Waals surface area contributed by atoms with Crippen molar-refractivity contribution in [3.05, 3.63) is 68.6 Å². The number of rotatable bonds is 1. The van der Waals surface area contributed by atoms with Gasteiger partial charge in [0.1, 0.15) is 11.5 Å². The predicted octanol–water partition coefficient (Wildman–Crippen LogP) is 9.19. The van der Waals surface area contributed by atoms with E-state index in [-0.39, 0.29) is 22.3 Å². The van der Waals surface area contributed by atoms with Crippen LogP contribution in [0.2, 0.25) is 0 Å². The summed E-state index contributed by atoms with van der Waals surface area (Å²) < 4.78 is 1.20. The maximum absolute atomic E-state index is 11.2. The Morgan fingerprint density at radius 1 is 0.562 bits per heavy atom. The zero-order valence-corrected chi connectivity index (χ0v) is 22.4. The van der Waals surface area contributed by atoms with Crippen LogP contribution < -0.4 is 0 Å². The average molecular weight is 556 g/mol. The van der Waals surface area contributed by atoms with E-state index in [1.54, 1.807) is 0 Å². The van der Waals surface area contributed by atoms with Crippen molar-refractivity contribution in [1.29, 1.82) is 0 Å². The minimum absolute atomic E-state index is 0.00663. The quantitative estimate of drug-likeness (QED) is 0.246. The SMILES string of the molecule is CC(C)(C)c1ccc2c(-c3c(O)c(Br)cc4cc(C(C)(C)C)ccc34)c(O)c(Br)cc2c1. The van der Waals surface area contributed by atoms with Crippen molar-refractivity contribution in [1.82, 2.24) is 0 Å². The molecule has 0 fully saturated rings. The molecule has 0 spiro atoms. The van der Waals surface area contributed by atoms with Gasteiger partial charge in [-0.1, -0.05) is 77.9 Å². The lowest BCUT2D eigenvalue weighted by molar-refractivity contribution is 0.467. The molecule has 0 saturated carbocycles. The molecule has 0 bridgehead atoms. The van der Waals surface area contributed by atoms with Gasteiger partial charge in [0.15, 0.2) is 0 Å². The van der Waals surface area contributed by atoms with Gasteiger partial charge in [0.2, 0.25) is 0 Å². The van der Waals surface area contributed by atoms with Gasteiger partial charge >= 0.3 is 0 Å². The van der Waals surface area contributed by atoms with E-state index in [4.69, 9.17) is 0 Å². The second-order valence-electron chi connectivity index (χ2n) is 10.5. The van der Waals surface area contributed by atoms with E-state index in [1.807, 2.05) is 24.3 Å². The molecule has 166 valence electrons. The van der Waals surface area contributed by atoms with Crippen LogP contribution in [0.4, 0.5) is 0 Å². The minimum Gasteiger partial charge on any atom is -0.506 e. The number of benzene rings is 4. The molecule has 4 heteroatoms. The lowest BCUT2D eigenvalue weighted by Crippen LogP contribution is -2.10. The van der Waals surface area contributed by atoms with Gasteiger partial charge in [-0.2, -0.15) is 0 Å². The molecule has 0 amide bonds. The zero-order chi connectivity index (χ0) is 23.6. The van der Waals surface area contributed by atoms with E-state index in [0.717, 1.165) is 21.5 Å². The van der Waals surface area contributed by atoms with Crippen molar-refractivity contribution in [2.75, 3.05) is 0 Å². The van der Waals surface area contributed by atoms with Crippen LogP contribution >= 0.6 is 31.9 Å². The van der Waals surface area contributed by atoms with Gasteiger partial charge in [0, 0.05) is 11.1 Å². The van der Waals surface area contributed by atoms with E-state index in [2.05, 4.69) is 97.7 Å². The molecule has 32 heavy (non-hydrogen) atoms.